The molecule has 12 heavy (non-hydrogen) atoms. The highest BCUT2D eigenvalue weighted by Crippen LogP contribution is 2.01. The Labute approximate surface area is 72.3 Å². The molecule has 0 aliphatic rings. The molecule has 0 heterocycles. The SMILES string of the molecule is CNC(C)(C)C=CC(=O)NC#N. The fourth-order valence-corrected chi connectivity index (χ4v) is 0.464. The molecule has 0 saturated carbocycles. The summed E-state index contributed by atoms with van der Waals surface area (Å²) in [6.07, 6.45) is 4.58. The molecule has 0 fully saturated rings. The first-order valence-electron chi connectivity index (χ1n) is 3.59. The lowest BCUT2D eigenvalue weighted by Gasteiger charge is -2.18. The van der Waals surface area contributed by atoms with E-state index in [1.165, 1.54) is 6.08 Å². The lowest BCUT2D eigenvalue weighted by Crippen LogP contribution is -2.34. The first kappa shape index (κ1) is 10.7. The standard InChI is InChI=1S/C8H13N3O/c1-8(2,10-3)5-4-7(12)11-6-9/h4-5,10H,1-3H3,(H,11,12). The Kier molecular flexibility index (Phi) is 4.02. The predicted octanol–water partition coefficient (Wildman–Crippen LogP) is 0.138. The van der Waals surface area contributed by atoms with Gasteiger partial charge in [-0.25, -0.2) is 0 Å². The van der Waals surface area contributed by atoms with Crippen LogP contribution in [0.2, 0.25) is 0 Å². The summed E-state index contributed by atoms with van der Waals surface area (Å²) in [7, 11) is 1.80. The van der Waals surface area contributed by atoms with Crippen molar-refractivity contribution in [2.75, 3.05) is 7.05 Å². The second-order valence-electron chi connectivity index (χ2n) is 2.91. The molecule has 0 atom stereocenters. The molecule has 0 spiro atoms. The summed E-state index contributed by atoms with van der Waals surface area (Å²) in [5.41, 5.74) is -0.229. The Morgan fingerprint density at radius 3 is 2.58 bits per heavy atom. The molecule has 0 aliphatic carbocycles. The van der Waals surface area contributed by atoms with Crippen LogP contribution in [0.3, 0.4) is 0 Å². The number of amides is 1. The van der Waals surface area contributed by atoms with E-state index in [9.17, 15) is 4.79 Å². The molecule has 66 valence electrons. The van der Waals surface area contributed by atoms with Crippen LogP contribution in [-0.2, 0) is 4.79 Å². The van der Waals surface area contributed by atoms with Crippen LogP contribution >= 0.6 is 0 Å². The zero-order valence-corrected chi connectivity index (χ0v) is 7.51. The smallest absolute Gasteiger partial charge is 0.256 e. The summed E-state index contributed by atoms with van der Waals surface area (Å²) in [4.78, 5) is 10.8. The number of carbonyl (C=O) groups is 1. The van der Waals surface area contributed by atoms with Crippen molar-refractivity contribution < 1.29 is 4.79 Å². The molecule has 0 radical (unpaired) electrons. The second-order valence-corrected chi connectivity index (χ2v) is 2.91. The molecular weight excluding hydrogens is 154 g/mol. The van der Waals surface area contributed by atoms with Crippen LogP contribution in [0.5, 0.6) is 0 Å². The van der Waals surface area contributed by atoms with Gasteiger partial charge in [-0.3, -0.25) is 10.1 Å². The van der Waals surface area contributed by atoms with E-state index in [2.05, 4.69) is 5.32 Å². The number of nitrogens with zero attached hydrogens (tertiary/aromatic N) is 1. The molecule has 2 N–H and O–H groups in total. The monoisotopic (exact) mass is 167 g/mol. The maximum atomic E-state index is 10.8. The number of nitrogens with one attached hydrogen (secondary N) is 2. The van der Waals surface area contributed by atoms with Crippen molar-refractivity contribution in [1.29, 1.82) is 5.26 Å². The molecule has 0 saturated heterocycles. The third kappa shape index (κ3) is 4.47. The highest BCUT2D eigenvalue weighted by molar-refractivity contribution is 5.88. The van der Waals surface area contributed by atoms with E-state index >= 15 is 0 Å². The topological polar surface area (TPSA) is 64.9 Å². The van der Waals surface area contributed by atoms with Crippen molar-refractivity contribution in [2.24, 2.45) is 0 Å². The van der Waals surface area contributed by atoms with E-state index in [1.807, 2.05) is 19.2 Å². The molecule has 0 unspecified atom stereocenters. The number of likely N-dealkylation sites (N-methyl/N-ethyl adjacent to an activating group) is 1. The van der Waals surface area contributed by atoms with Gasteiger partial charge in [0.2, 0.25) is 0 Å². The van der Waals surface area contributed by atoms with Crippen LogP contribution in [0.1, 0.15) is 13.8 Å². The van der Waals surface area contributed by atoms with Gasteiger partial charge in [0.25, 0.3) is 5.91 Å². The third-order valence-electron chi connectivity index (χ3n) is 1.47. The number of hydrogen-bond acceptors (Lipinski definition) is 3. The lowest BCUT2D eigenvalue weighted by molar-refractivity contribution is -0.115. The highest BCUT2D eigenvalue weighted by Gasteiger charge is 2.09. The van der Waals surface area contributed by atoms with Gasteiger partial charge in [0, 0.05) is 11.6 Å². The number of nitriles is 1. The summed E-state index contributed by atoms with van der Waals surface area (Å²) in [5.74, 6) is -0.402. The fraction of sp³-hybridized carbons (Fsp3) is 0.500. The number of carbonyl (C=O) groups excluding carboxylic acids is 1. The Bertz CT molecular complexity index is 225. The van der Waals surface area contributed by atoms with Crippen molar-refractivity contribution in [3.05, 3.63) is 12.2 Å². The van der Waals surface area contributed by atoms with E-state index < -0.39 is 5.91 Å². The minimum absolute atomic E-state index is 0.229. The number of rotatable bonds is 3. The molecule has 0 aromatic heterocycles. The summed E-state index contributed by atoms with van der Waals surface area (Å²) in [6, 6.07) is 0. The number of hydrogen-bond donors (Lipinski definition) is 2. The molecule has 0 aromatic rings. The Balaban J connectivity index is 4.08. The highest BCUT2D eigenvalue weighted by atomic mass is 16.1. The zero-order chi connectivity index (χ0) is 9.61. The van der Waals surface area contributed by atoms with Gasteiger partial charge in [-0.2, -0.15) is 5.26 Å². The van der Waals surface area contributed by atoms with Crippen molar-refractivity contribution in [3.63, 3.8) is 0 Å². The molecule has 4 nitrogen and oxygen atoms in total. The average Bonchev–Trinajstić information content (AvgIpc) is 2.02. The summed E-state index contributed by atoms with van der Waals surface area (Å²) >= 11 is 0. The predicted molar refractivity (Wildman–Crippen MR) is 46.0 cm³/mol. The Morgan fingerprint density at radius 1 is 1.58 bits per heavy atom. The quantitative estimate of drug-likeness (QED) is 0.357. The molecule has 0 bridgehead atoms. The van der Waals surface area contributed by atoms with Crippen LogP contribution in [0.25, 0.3) is 0 Å². The maximum Gasteiger partial charge on any atom is 0.256 e. The van der Waals surface area contributed by atoms with Crippen LogP contribution < -0.4 is 10.6 Å². The van der Waals surface area contributed by atoms with Crippen LogP contribution in [-0.4, -0.2) is 18.5 Å². The van der Waals surface area contributed by atoms with Crippen LogP contribution in [0.15, 0.2) is 12.2 Å². The van der Waals surface area contributed by atoms with Gasteiger partial charge in [-0.1, -0.05) is 6.08 Å². The third-order valence-corrected chi connectivity index (χ3v) is 1.47. The van der Waals surface area contributed by atoms with Gasteiger partial charge >= 0.3 is 0 Å². The normalized spacial score (nSPS) is 11.2. The second kappa shape index (κ2) is 4.52. The Morgan fingerprint density at radius 2 is 2.17 bits per heavy atom. The van der Waals surface area contributed by atoms with Gasteiger partial charge in [0.05, 0.1) is 0 Å². The minimum Gasteiger partial charge on any atom is -0.311 e. The maximum absolute atomic E-state index is 10.8. The van der Waals surface area contributed by atoms with Gasteiger partial charge in [-0.15, -0.1) is 0 Å². The van der Waals surface area contributed by atoms with Gasteiger partial charge in [0.1, 0.15) is 0 Å². The summed E-state index contributed by atoms with van der Waals surface area (Å²) in [6.45, 7) is 3.84. The van der Waals surface area contributed by atoms with Crippen molar-refractivity contribution in [2.45, 2.75) is 19.4 Å². The first-order valence-corrected chi connectivity index (χ1v) is 3.59. The lowest BCUT2D eigenvalue weighted by atomic mass is 10.1. The van der Waals surface area contributed by atoms with Gasteiger partial charge < -0.3 is 5.32 Å². The largest absolute Gasteiger partial charge is 0.311 e. The Hall–Kier alpha value is -1.34. The first-order chi connectivity index (χ1) is 5.52. The molecule has 0 aliphatic heterocycles. The van der Waals surface area contributed by atoms with Crippen LogP contribution in [0, 0.1) is 11.5 Å². The van der Waals surface area contributed by atoms with E-state index in [-0.39, 0.29) is 5.54 Å². The fourth-order valence-electron chi connectivity index (χ4n) is 0.464. The molecule has 4 heteroatoms. The van der Waals surface area contributed by atoms with Crippen molar-refractivity contribution in [3.8, 4) is 6.19 Å². The molecule has 0 rings (SSSR count). The van der Waals surface area contributed by atoms with E-state index in [4.69, 9.17) is 5.26 Å². The van der Waals surface area contributed by atoms with E-state index in [0.717, 1.165) is 0 Å². The molecular formula is C8H13N3O. The average molecular weight is 167 g/mol. The van der Waals surface area contributed by atoms with Crippen LogP contribution in [0.4, 0.5) is 0 Å². The van der Waals surface area contributed by atoms with Gasteiger partial charge in [-0.05, 0) is 20.9 Å². The minimum atomic E-state index is -0.402. The van der Waals surface area contributed by atoms with Crippen molar-refractivity contribution >= 4 is 5.91 Å². The summed E-state index contributed by atoms with van der Waals surface area (Å²) < 4.78 is 0. The van der Waals surface area contributed by atoms with Gasteiger partial charge in [0.15, 0.2) is 6.19 Å². The van der Waals surface area contributed by atoms with E-state index in [1.54, 1.807) is 19.3 Å². The molecule has 0 aromatic carbocycles. The summed E-state index contributed by atoms with van der Waals surface area (Å²) in [5, 5.41) is 13.1. The van der Waals surface area contributed by atoms with E-state index in [0.29, 0.717) is 0 Å². The molecule has 1 amide bonds. The zero-order valence-electron chi connectivity index (χ0n) is 7.51. The van der Waals surface area contributed by atoms with Crippen molar-refractivity contribution in [1.82, 2.24) is 10.6 Å².